The highest BCUT2D eigenvalue weighted by Crippen LogP contribution is 2.53. The van der Waals surface area contributed by atoms with Gasteiger partial charge in [-0.15, -0.1) is 0 Å². The normalized spacial score (nSPS) is 24.2. The predicted octanol–water partition coefficient (Wildman–Crippen LogP) is 5.73. The molecule has 24 heavy (non-hydrogen) atoms. The predicted molar refractivity (Wildman–Crippen MR) is 95.9 cm³/mol. The van der Waals surface area contributed by atoms with Crippen LogP contribution in [0.2, 0.25) is 10.0 Å². The number of nitrogens with zero attached hydrogens (tertiary/aromatic N) is 1. The van der Waals surface area contributed by atoms with Gasteiger partial charge in [-0.2, -0.15) is 0 Å². The minimum Gasteiger partial charge on any atom is -0.377 e. The summed E-state index contributed by atoms with van der Waals surface area (Å²) in [7, 11) is 0. The summed E-state index contributed by atoms with van der Waals surface area (Å²) in [5.41, 5.74) is 2.71. The van der Waals surface area contributed by atoms with Crippen LogP contribution in [0.3, 0.4) is 0 Å². The van der Waals surface area contributed by atoms with E-state index in [0.29, 0.717) is 15.6 Å². The lowest BCUT2D eigenvalue weighted by Crippen LogP contribution is -2.29. The van der Waals surface area contributed by atoms with Crippen LogP contribution in [-0.2, 0) is 0 Å². The fourth-order valence-electron chi connectivity index (χ4n) is 3.87. The minimum atomic E-state index is -0.325. The molecule has 0 spiro atoms. The molecule has 0 bridgehead atoms. The van der Waals surface area contributed by atoms with Gasteiger partial charge in [-0.3, -0.25) is 10.1 Å². The molecule has 4 rings (SSSR count). The minimum absolute atomic E-state index is 0.135. The van der Waals surface area contributed by atoms with E-state index in [2.05, 4.69) is 17.5 Å². The Morgan fingerprint density at radius 2 is 2.00 bits per heavy atom. The Hall–Kier alpha value is -2.04. The van der Waals surface area contributed by atoms with E-state index >= 15 is 0 Å². The van der Waals surface area contributed by atoms with E-state index in [9.17, 15) is 10.1 Å². The second-order valence-electron chi connectivity index (χ2n) is 6.14. The highest BCUT2D eigenvalue weighted by molar-refractivity contribution is 6.35. The topological polar surface area (TPSA) is 55.2 Å². The molecule has 1 aliphatic heterocycles. The molecule has 4 nitrogen and oxygen atoms in total. The number of nitro groups is 1. The van der Waals surface area contributed by atoms with E-state index in [1.807, 2.05) is 18.2 Å². The molecule has 0 amide bonds. The van der Waals surface area contributed by atoms with Crippen molar-refractivity contribution < 1.29 is 4.92 Å². The van der Waals surface area contributed by atoms with Gasteiger partial charge in [0.05, 0.1) is 16.5 Å². The van der Waals surface area contributed by atoms with Crippen LogP contribution < -0.4 is 5.32 Å². The molecule has 6 heteroatoms. The Balaban J connectivity index is 1.86. The summed E-state index contributed by atoms with van der Waals surface area (Å²) in [6, 6.07) is 10.3. The third kappa shape index (κ3) is 2.38. The van der Waals surface area contributed by atoms with Gasteiger partial charge in [-0.1, -0.05) is 53.6 Å². The van der Waals surface area contributed by atoms with Crippen molar-refractivity contribution in [1.82, 2.24) is 0 Å². The maximum Gasteiger partial charge on any atom is 0.274 e. The van der Waals surface area contributed by atoms with Gasteiger partial charge < -0.3 is 5.32 Å². The largest absolute Gasteiger partial charge is 0.377 e. The number of fused-ring (bicyclic) bond motifs is 3. The van der Waals surface area contributed by atoms with Crippen LogP contribution in [-0.4, -0.2) is 4.92 Å². The fourth-order valence-corrected chi connectivity index (χ4v) is 4.49. The number of nitrogens with one attached hydrogen (secondary N) is 1. The molecule has 1 aliphatic carbocycles. The number of halogens is 2. The summed E-state index contributed by atoms with van der Waals surface area (Å²) in [6.45, 7) is 0. The van der Waals surface area contributed by atoms with Crippen molar-refractivity contribution >= 4 is 34.6 Å². The number of nitro benzene ring substituents is 1. The Morgan fingerprint density at radius 1 is 1.21 bits per heavy atom. The molecule has 2 aromatic carbocycles. The Labute approximate surface area is 149 Å². The Morgan fingerprint density at radius 3 is 2.79 bits per heavy atom. The van der Waals surface area contributed by atoms with Gasteiger partial charge in [0.15, 0.2) is 0 Å². The molecule has 3 atom stereocenters. The third-order valence-electron chi connectivity index (χ3n) is 4.85. The Bertz CT molecular complexity index is 866. The summed E-state index contributed by atoms with van der Waals surface area (Å²) >= 11 is 12.6. The van der Waals surface area contributed by atoms with Crippen LogP contribution in [0, 0.1) is 16.0 Å². The SMILES string of the molecule is O=[N+]([O-])c1ccccc1[C@@H]1Nc2cc(Cl)cc(Cl)c2[C@@H]2C=CC[C@H]21. The molecular weight excluding hydrogens is 347 g/mol. The second-order valence-corrected chi connectivity index (χ2v) is 6.98. The molecule has 122 valence electrons. The van der Waals surface area contributed by atoms with Gasteiger partial charge in [-0.25, -0.2) is 0 Å². The van der Waals surface area contributed by atoms with Crippen LogP contribution in [0.4, 0.5) is 11.4 Å². The van der Waals surface area contributed by atoms with Crippen molar-refractivity contribution in [1.29, 1.82) is 0 Å². The summed E-state index contributed by atoms with van der Waals surface area (Å²) in [5, 5.41) is 16.1. The molecule has 0 radical (unpaired) electrons. The quantitative estimate of drug-likeness (QED) is 0.422. The standard InChI is InChI=1S/C18H14Cl2N2O2/c19-10-8-14(20)17-11-5-3-6-12(11)18(21-15(17)9-10)13-4-1-2-7-16(13)22(23)24/h1-5,7-9,11-12,18,21H,6H2/t11-,12-,18-/m1/s1. The Kier molecular flexibility index (Phi) is 3.74. The highest BCUT2D eigenvalue weighted by atomic mass is 35.5. The first-order valence-electron chi connectivity index (χ1n) is 7.71. The number of benzene rings is 2. The molecule has 1 heterocycles. The van der Waals surface area contributed by atoms with E-state index < -0.39 is 0 Å². The van der Waals surface area contributed by atoms with E-state index in [0.717, 1.165) is 17.7 Å². The van der Waals surface area contributed by atoms with Crippen LogP contribution in [0.25, 0.3) is 0 Å². The van der Waals surface area contributed by atoms with Crippen LogP contribution >= 0.6 is 23.2 Å². The molecular formula is C18H14Cl2N2O2. The number of para-hydroxylation sites is 1. The van der Waals surface area contributed by atoms with Crippen molar-refractivity contribution in [3.63, 3.8) is 0 Å². The zero-order chi connectivity index (χ0) is 16.8. The molecule has 2 aliphatic rings. The van der Waals surface area contributed by atoms with Gasteiger partial charge in [-0.05, 0) is 24.5 Å². The van der Waals surface area contributed by atoms with Crippen molar-refractivity contribution in [3.8, 4) is 0 Å². The van der Waals surface area contributed by atoms with E-state index in [1.54, 1.807) is 18.2 Å². The zero-order valence-electron chi connectivity index (χ0n) is 12.6. The average Bonchev–Trinajstić information content (AvgIpc) is 3.02. The first kappa shape index (κ1) is 15.5. The van der Waals surface area contributed by atoms with Crippen LogP contribution in [0.5, 0.6) is 0 Å². The van der Waals surface area contributed by atoms with Gasteiger partial charge in [0.2, 0.25) is 0 Å². The summed E-state index contributed by atoms with van der Waals surface area (Å²) in [5.74, 6) is 0.327. The van der Waals surface area contributed by atoms with E-state index in [-0.39, 0.29) is 28.5 Å². The van der Waals surface area contributed by atoms with Gasteiger partial charge in [0.1, 0.15) is 0 Å². The van der Waals surface area contributed by atoms with E-state index in [4.69, 9.17) is 23.2 Å². The fraction of sp³-hybridized carbons (Fsp3) is 0.222. The summed E-state index contributed by atoms with van der Waals surface area (Å²) in [6.07, 6.45) is 5.12. The molecule has 0 fully saturated rings. The first-order chi connectivity index (χ1) is 11.6. The molecule has 1 N–H and O–H groups in total. The van der Waals surface area contributed by atoms with Crippen molar-refractivity contribution in [3.05, 3.63) is 79.8 Å². The number of anilines is 1. The average molecular weight is 361 g/mol. The lowest BCUT2D eigenvalue weighted by Gasteiger charge is -2.37. The van der Waals surface area contributed by atoms with Crippen LogP contribution in [0.1, 0.15) is 29.5 Å². The number of hydrogen-bond donors (Lipinski definition) is 1. The maximum atomic E-state index is 11.4. The lowest BCUT2D eigenvalue weighted by molar-refractivity contribution is -0.385. The van der Waals surface area contributed by atoms with Gasteiger partial charge in [0, 0.05) is 33.3 Å². The number of rotatable bonds is 2. The van der Waals surface area contributed by atoms with E-state index in [1.165, 1.54) is 0 Å². The van der Waals surface area contributed by atoms with Crippen LogP contribution in [0.15, 0.2) is 48.6 Å². The van der Waals surface area contributed by atoms with Crippen molar-refractivity contribution in [2.24, 2.45) is 5.92 Å². The molecule has 0 unspecified atom stereocenters. The van der Waals surface area contributed by atoms with Crippen molar-refractivity contribution in [2.75, 3.05) is 5.32 Å². The maximum absolute atomic E-state index is 11.4. The van der Waals surface area contributed by atoms with Gasteiger partial charge in [0.25, 0.3) is 5.69 Å². The molecule has 0 saturated heterocycles. The third-order valence-corrected chi connectivity index (χ3v) is 5.38. The highest BCUT2D eigenvalue weighted by Gasteiger charge is 2.41. The molecule has 0 saturated carbocycles. The van der Waals surface area contributed by atoms with Crippen molar-refractivity contribution in [2.45, 2.75) is 18.4 Å². The zero-order valence-corrected chi connectivity index (χ0v) is 14.1. The monoisotopic (exact) mass is 360 g/mol. The molecule has 0 aromatic heterocycles. The molecule has 2 aromatic rings. The lowest BCUT2D eigenvalue weighted by atomic mass is 9.76. The number of hydrogen-bond acceptors (Lipinski definition) is 3. The van der Waals surface area contributed by atoms with Gasteiger partial charge >= 0.3 is 0 Å². The summed E-state index contributed by atoms with van der Waals surface area (Å²) < 4.78 is 0. The second kappa shape index (κ2) is 5.80. The smallest absolute Gasteiger partial charge is 0.274 e. The first-order valence-corrected chi connectivity index (χ1v) is 8.47. The number of allylic oxidation sites excluding steroid dienone is 2. The summed E-state index contributed by atoms with van der Waals surface area (Å²) in [4.78, 5) is 11.1.